The molecule has 0 spiro atoms. The van der Waals surface area contributed by atoms with Crippen LogP contribution in [0.4, 0.5) is 0 Å². The van der Waals surface area contributed by atoms with Gasteiger partial charge in [-0.25, -0.2) is 0 Å². The van der Waals surface area contributed by atoms with Crippen molar-refractivity contribution in [2.24, 2.45) is 5.73 Å². The zero-order valence-electron chi connectivity index (χ0n) is 8.70. The zero-order valence-corrected chi connectivity index (χ0v) is 11.9. The summed E-state index contributed by atoms with van der Waals surface area (Å²) in [5, 5.41) is 9.53. The molecule has 0 aromatic heterocycles. The van der Waals surface area contributed by atoms with Gasteiger partial charge in [0.1, 0.15) is 5.75 Å². The molecule has 16 heavy (non-hydrogen) atoms. The molecular weight excluding hydrogens is 340 g/mol. The molecule has 0 radical (unpaired) electrons. The monoisotopic (exact) mass is 350 g/mol. The van der Waals surface area contributed by atoms with E-state index in [2.05, 4.69) is 31.9 Å². The maximum absolute atomic E-state index is 10.7. The number of benzene rings is 1. The maximum atomic E-state index is 10.7. The lowest BCUT2D eigenvalue weighted by Gasteiger charge is -2.15. The smallest absolute Gasteiger partial charge is 0.231 e. The van der Waals surface area contributed by atoms with Crippen LogP contribution >= 0.6 is 31.9 Å². The van der Waals surface area contributed by atoms with E-state index in [1.807, 2.05) is 0 Å². The number of halogens is 2. The highest BCUT2D eigenvalue weighted by molar-refractivity contribution is 9.11. The average Bonchev–Trinajstić information content (AvgIpc) is 2.12. The molecule has 4 nitrogen and oxygen atoms in total. The predicted molar refractivity (Wildman–Crippen MR) is 69.0 cm³/mol. The molecule has 1 aromatic carbocycles. The first-order chi connectivity index (χ1) is 7.40. The van der Waals surface area contributed by atoms with Crippen LogP contribution in [0.3, 0.4) is 0 Å². The van der Waals surface area contributed by atoms with Crippen molar-refractivity contribution in [1.82, 2.24) is 4.90 Å². The second kappa shape index (κ2) is 5.65. The van der Waals surface area contributed by atoms with Crippen LogP contribution in [-0.2, 0) is 11.3 Å². The van der Waals surface area contributed by atoms with E-state index < -0.39 is 0 Å². The molecule has 0 unspecified atom stereocenters. The van der Waals surface area contributed by atoms with Gasteiger partial charge in [-0.1, -0.05) is 0 Å². The maximum Gasteiger partial charge on any atom is 0.231 e. The Kier molecular flexibility index (Phi) is 4.76. The van der Waals surface area contributed by atoms with Gasteiger partial charge in [0.25, 0.3) is 0 Å². The van der Waals surface area contributed by atoms with Crippen LogP contribution in [0.25, 0.3) is 0 Å². The van der Waals surface area contributed by atoms with E-state index in [4.69, 9.17) is 5.73 Å². The standard InChI is InChI=1S/C10H12Br2N2O2/c1-14(5-9(13)15)4-6-2-7(11)10(16)8(12)3-6/h2-3,16H,4-5H2,1H3,(H2,13,15). The van der Waals surface area contributed by atoms with Gasteiger partial charge in [0.2, 0.25) is 5.91 Å². The number of phenols is 1. The molecule has 1 amide bonds. The van der Waals surface area contributed by atoms with Gasteiger partial charge in [-0.2, -0.15) is 0 Å². The molecule has 1 aromatic rings. The van der Waals surface area contributed by atoms with Crippen LogP contribution in [0, 0.1) is 0 Å². The zero-order chi connectivity index (χ0) is 12.3. The number of nitrogens with zero attached hydrogens (tertiary/aromatic N) is 1. The quantitative estimate of drug-likeness (QED) is 0.869. The minimum Gasteiger partial charge on any atom is -0.506 e. The molecular formula is C10H12Br2N2O2. The Bertz CT molecular complexity index is 387. The molecule has 6 heteroatoms. The molecule has 0 saturated heterocycles. The minimum absolute atomic E-state index is 0.168. The normalized spacial score (nSPS) is 10.8. The van der Waals surface area contributed by atoms with Crippen LogP contribution in [0.15, 0.2) is 21.1 Å². The van der Waals surface area contributed by atoms with E-state index in [0.717, 1.165) is 5.56 Å². The van der Waals surface area contributed by atoms with Crippen molar-refractivity contribution in [3.05, 3.63) is 26.6 Å². The number of aromatic hydroxyl groups is 1. The highest BCUT2D eigenvalue weighted by Crippen LogP contribution is 2.33. The van der Waals surface area contributed by atoms with Gasteiger partial charge in [-0.3, -0.25) is 9.69 Å². The third-order valence-corrected chi connectivity index (χ3v) is 3.16. The van der Waals surface area contributed by atoms with Gasteiger partial charge >= 0.3 is 0 Å². The van der Waals surface area contributed by atoms with Crippen molar-refractivity contribution in [2.45, 2.75) is 6.54 Å². The third-order valence-electron chi connectivity index (χ3n) is 1.95. The first-order valence-corrected chi connectivity index (χ1v) is 6.12. The van der Waals surface area contributed by atoms with Gasteiger partial charge in [-0.15, -0.1) is 0 Å². The number of primary amides is 1. The Morgan fingerprint density at radius 3 is 2.38 bits per heavy atom. The van der Waals surface area contributed by atoms with Crippen LogP contribution in [0.5, 0.6) is 5.75 Å². The molecule has 0 heterocycles. The van der Waals surface area contributed by atoms with Crippen molar-refractivity contribution < 1.29 is 9.90 Å². The van der Waals surface area contributed by atoms with Crippen molar-refractivity contribution in [3.8, 4) is 5.75 Å². The Labute approximate surface area is 111 Å². The van der Waals surface area contributed by atoms with Gasteiger partial charge in [0.15, 0.2) is 0 Å². The summed E-state index contributed by atoms with van der Waals surface area (Å²) in [4.78, 5) is 12.5. The minimum atomic E-state index is -0.362. The van der Waals surface area contributed by atoms with Crippen LogP contribution in [0.1, 0.15) is 5.56 Å². The second-order valence-corrected chi connectivity index (χ2v) is 5.26. The Morgan fingerprint density at radius 1 is 1.44 bits per heavy atom. The largest absolute Gasteiger partial charge is 0.506 e. The second-order valence-electron chi connectivity index (χ2n) is 3.55. The number of likely N-dealkylation sites (N-methyl/N-ethyl adjacent to an activating group) is 1. The van der Waals surface area contributed by atoms with E-state index >= 15 is 0 Å². The van der Waals surface area contributed by atoms with E-state index in [9.17, 15) is 9.90 Å². The molecule has 0 aliphatic carbocycles. The first kappa shape index (κ1) is 13.5. The predicted octanol–water partition coefficient (Wildman–Crippen LogP) is 1.83. The summed E-state index contributed by atoms with van der Waals surface area (Å²) in [6.45, 7) is 0.788. The van der Waals surface area contributed by atoms with E-state index in [0.29, 0.717) is 15.5 Å². The van der Waals surface area contributed by atoms with Gasteiger partial charge < -0.3 is 10.8 Å². The Hall–Kier alpha value is -0.590. The summed E-state index contributed by atoms with van der Waals surface area (Å²) in [6, 6.07) is 3.61. The lowest BCUT2D eigenvalue weighted by Crippen LogP contribution is -2.30. The number of phenolic OH excluding ortho intramolecular Hbond substituents is 1. The fraction of sp³-hybridized carbons (Fsp3) is 0.300. The molecule has 0 fully saturated rings. The first-order valence-electron chi connectivity index (χ1n) is 4.54. The SMILES string of the molecule is CN(CC(N)=O)Cc1cc(Br)c(O)c(Br)c1. The third kappa shape index (κ3) is 3.77. The number of rotatable bonds is 4. The highest BCUT2D eigenvalue weighted by atomic mass is 79.9. The number of hydrogen-bond acceptors (Lipinski definition) is 3. The van der Waals surface area contributed by atoms with Crippen molar-refractivity contribution in [1.29, 1.82) is 0 Å². The number of amides is 1. The Morgan fingerprint density at radius 2 is 1.94 bits per heavy atom. The molecule has 0 atom stereocenters. The molecule has 0 bridgehead atoms. The van der Waals surface area contributed by atoms with Crippen molar-refractivity contribution in [3.63, 3.8) is 0 Å². The van der Waals surface area contributed by atoms with E-state index in [1.54, 1.807) is 24.1 Å². The summed E-state index contributed by atoms with van der Waals surface area (Å²) in [5.41, 5.74) is 6.06. The van der Waals surface area contributed by atoms with Gasteiger partial charge in [-0.05, 0) is 56.6 Å². The summed E-state index contributed by atoms with van der Waals surface area (Å²) in [6.07, 6.45) is 0. The topological polar surface area (TPSA) is 66.6 Å². The van der Waals surface area contributed by atoms with Crippen LogP contribution in [0.2, 0.25) is 0 Å². The number of hydrogen-bond donors (Lipinski definition) is 2. The highest BCUT2D eigenvalue weighted by Gasteiger charge is 2.08. The molecule has 88 valence electrons. The summed E-state index contributed by atoms with van der Waals surface area (Å²) in [7, 11) is 1.80. The number of carbonyl (C=O) groups excluding carboxylic acids is 1. The summed E-state index contributed by atoms with van der Waals surface area (Å²) < 4.78 is 1.23. The van der Waals surface area contributed by atoms with Gasteiger partial charge in [0, 0.05) is 6.54 Å². The fourth-order valence-electron chi connectivity index (χ4n) is 1.34. The molecule has 0 saturated carbocycles. The summed E-state index contributed by atoms with van der Waals surface area (Å²) >= 11 is 6.50. The van der Waals surface area contributed by atoms with Crippen LogP contribution in [-0.4, -0.2) is 29.5 Å². The molecule has 0 aliphatic rings. The van der Waals surface area contributed by atoms with Crippen LogP contribution < -0.4 is 5.73 Å². The van der Waals surface area contributed by atoms with E-state index in [1.165, 1.54) is 0 Å². The number of nitrogens with two attached hydrogens (primary N) is 1. The molecule has 0 aliphatic heterocycles. The average molecular weight is 352 g/mol. The van der Waals surface area contributed by atoms with Crippen molar-refractivity contribution >= 4 is 37.8 Å². The lowest BCUT2D eigenvalue weighted by atomic mass is 10.2. The molecule has 3 N–H and O–H groups in total. The number of carbonyl (C=O) groups is 1. The lowest BCUT2D eigenvalue weighted by molar-refractivity contribution is -0.118. The van der Waals surface area contributed by atoms with Gasteiger partial charge in [0.05, 0.1) is 15.5 Å². The van der Waals surface area contributed by atoms with E-state index in [-0.39, 0.29) is 18.2 Å². The molecule has 1 rings (SSSR count). The van der Waals surface area contributed by atoms with Crippen molar-refractivity contribution in [2.75, 3.05) is 13.6 Å². The Balaban J connectivity index is 2.78. The summed E-state index contributed by atoms with van der Waals surface area (Å²) in [5.74, 6) is -0.194. The fourth-order valence-corrected chi connectivity index (χ4v) is 2.62.